The molecule has 21 heavy (non-hydrogen) atoms. The van der Waals surface area contributed by atoms with E-state index in [4.69, 9.17) is 16.3 Å². The summed E-state index contributed by atoms with van der Waals surface area (Å²) in [6, 6.07) is 0. The van der Waals surface area contributed by atoms with Crippen LogP contribution in [0.5, 0.6) is 0 Å². The van der Waals surface area contributed by atoms with Crippen LogP contribution in [0.4, 0.5) is 18.9 Å². The second-order valence-corrected chi connectivity index (χ2v) is 5.22. The monoisotopic (exact) mass is 327 g/mol. The molecule has 1 N–H and O–H groups in total. The zero-order valence-corrected chi connectivity index (χ0v) is 12.5. The fourth-order valence-electron chi connectivity index (χ4n) is 1.45. The zero-order chi connectivity index (χ0) is 16.0. The van der Waals surface area contributed by atoms with Crippen LogP contribution in [-0.2, 0) is 11.3 Å². The summed E-state index contributed by atoms with van der Waals surface area (Å²) in [6.45, 7) is 3.91. The minimum atomic E-state index is -4.53. The Morgan fingerprint density at radius 1 is 1.48 bits per heavy atom. The predicted molar refractivity (Wildman–Crippen MR) is 73.7 cm³/mol. The van der Waals surface area contributed by atoms with Gasteiger partial charge in [0.15, 0.2) is 0 Å². The highest BCUT2D eigenvalue weighted by molar-refractivity contribution is 6.32. The molecular weight excluding hydrogens is 311 g/mol. The van der Waals surface area contributed by atoms with Crippen molar-refractivity contribution < 1.29 is 17.9 Å². The number of rotatable bonds is 7. The van der Waals surface area contributed by atoms with Gasteiger partial charge in [-0.1, -0.05) is 25.4 Å². The number of alkyl halides is 3. The molecule has 0 aliphatic carbocycles. The molecule has 0 fully saturated rings. The van der Waals surface area contributed by atoms with Crippen LogP contribution in [0.2, 0.25) is 5.02 Å². The first-order valence-corrected chi connectivity index (χ1v) is 6.72. The number of ether oxygens (including phenoxy) is 1. The molecule has 9 heteroatoms. The largest absolute Gasteiger partial charge is 0.408 e. The molecule has 5 nitrogen and oxygen atoms in total. The smallest absolute Gasteiger partial charge is 0.380 e. The molecule has 1 aromatic heterocycles. The fraction of sp³-hybridized carbons (Fsp3) is 0.667. The third-order valence-electron chi connectivity index (χ3n) is 2.33. The van der Waals surface area contributed by atoms with E-state index in [9.17, 15) is 18.0 Å². The molecule has 0 aliphatic heterocycles. The molecule has 0 unspecified atom stereocenters. The highest BCUT2D eigenvalue weighted by atomic mass is 35.5. The highest BCUT2D eigenvalue weighted by Gasteiger charge is 2.29. The van der Waals surface area contributed by atoms with Gasteiger partial charge in [-0.3, -0.25) is 4.79 Å². The third-order valence-corrected chi connectivity index (χ3v) is 2.69. The van der Waals surface area contributed by atoms with Crippen LogP contribution >= 0.6 is 11.6 Å². The van der Waals surface area contributed by atoms with Gasteiger partial charge in [-0.05, 0) is 5.92 Å². The van der Waals surface area contributed by atoms with E-state index in [1.807, 2.05) is 13.8 Å². The average Bonchev–Trinajstić information content (AvgIpc) is 2.35. The van der Waals surface area contributed by atoms with E-state index < -0.39 is 18.3 Å². The van der Waals surface area contributed by atoms with Crippen LogP contribution in [0.15, 0.2) is 11.0 Å². The maximum Gasteiger partial charge on any atom is 0.408 e. The minimum Gasteiger partial charge on any atom is -0.380 e. The van der Waals surface area contributed by atoms with Crippen molar-refractivity contribution in [1.82, 2.24) is 9.78 Å². The van der Waals surface area contributed by atoms with Crippen LogP contribution in [0.25, 0.3) is 0 Å². The van der Waals surface area contributed by atoms with Crippen molar-refractivity contribution in [3.05, 3.63) is 21.6 Å². The second-order valence-electron chi connectivity index (χ2n) is 4.85. The maximum absolute atomic E-state index is 12.2. The number of hydrogen-bond donors (Lipinski definition) is 1. The Hall–Kier alpha value is -1.28. The van der Waals surface area contributed by atoms with Gasteiger partial charge in [-0.25, -0.2) is 4.68 Å². The van der Waals surface area contributed by atoms with Crippen LogP contribution in [0.3, 0.4) is 0 Å². The van der Waals surface area contributed by atoms with Crippen LogP contribution in [0.1, 0.15) is 13.8 Å². The van der Waals surface area contributed by atoms with Gasteiger partial charge in [-0.2, -0.15) is 18.3 Å². The van der Waals surface area contributed by atoms with E-state index in [0.29, 0.717) is 25.7 Å². The Kier molecular flexibility index (Phi) is 6.47. The number of nitrogens with one attached hydrogen (secondary N) is 1. The Bertz CT molecular complexity index is 517. The van der Waals surface area contributed by atoms with Gasteiger partial charge in [0.05, 0.1) is 18.5 Å². The fourth-order valence-corrected chi connectivity index (χ4v) is 1.66. The molecule has 1 aromatic rings. The average molecular weight is 328 g/mol. The van der Waals surface area contributed by atoms with Crippen molar-refractivity contribution >= 4 is 17.3 Å². The first-order chi connectivity index (χ1) is 9.70. The first kappa shape index (κ1) is 17.8. The van der Waals surface area contributed by atoms with Gasteiger partial charge >= 0.3 is 6.18 Å². The number of hydrogen-bond acceptors (Lipinski definition) is 4. The summed E-state index contributed by atoms with van der Waals surface area (Å²) in [5.74, 6) is 0.404. The van der Waals surface area contributed by atoms with E-state index in [2.05, 4.69) is 10.4 Å². The zero-order valence-electron chi connectivity index (χ0n) is 11.7. The molecule has 0 aromatic carbocycles. The van der Waals surface area contributed by atoms with E-state index in [-0.39, 0.29) is 15.4 Å². The van der Waals surface area contributed by atoms with E-state index in [1.54, 1.807) is 0 Å². The number of halogens is 4. The lowest BCUT2D eigenvalue weighted by Gasteiger charge is -2.12. The Labute approximate surface area is 125 Å². The summed E-state index contributed by atoms with van der Waals surface area (Å²) in [6.07, 6.45) is -3.43. The van der Waals surface area contributed by atoms with Crippen molar-refractivity contribution in [3.8, 4) is 0 Å². The molecule has 0 saturated heterocycles. The summed E-state index contributed by atoms with van der Waals surface area (Å²) in [5.41, 5.74) is -0.796. The maximum atomic E-state index is 12.2. The van der Waals surface area contributed by atoms with Gasteiger partial charge in [0, 0.05) is 13.2 Å². The predicted octanol–water partition coefficient (Wildman–Crippen LogP) is 2.54. The summed E-state index contributed by atoms with van der Waals surface area (Å²) in [4.78, 5) is 11.6. The Balaban J connectivity index is 2.61. The summed E-state index contributed by atoms with van der Waals surface area (Å²) < 4.78 is 42.3. The number of anilines is 1. The lowest BCUT2D eigenvalue weighted by Crippen LogP contribution is -2.31. The van der Waals surface area contributed by atoms with Crippen LogP contribution < -0.4 is 10.9 Å². The molecule has 0 spiro atoms. The van der Waals surface area contributed by atoms with Crippen molar-refractivity contribution in [3.63, 3.8) is 0 Å². The molecule has 120 valence electrons. The van der Waals surface area contributed by atoms with Gasteiger partial charge < -0.3 is 10.1 Å². The molecule has 0 saturated carbocycles. The summed E-state index contributed by atoms with van der Waals surface area (Å²) >= 11 is 5.75. The van der Waals surface area contributed by atoms with Crippen molar-refractivity contribution in [2.45, 2.75) is 26.6 Å². The van der Waals surface area contributed by atoms with Crippen LogP contribution in [0, 0.1) is 5.92 Å². The van der Waals surface area contributed by atoms with Crippen LogP contribution in [-0.4, -0.2) is 35.7 Å². The van der Waals surface area contributed by atoms with Gasteiger partial charge in [-0.15, -0.1) is 0 Å². The van der Waals surface area contributed by atoms with Gasteiger partial charge in [0.25, 0.3) is 5.56 Å². The lowest BCUT2D eigenvalue weighted by atomic mass is 10.2. The molecule has 1 rings (SSSR count). The standard InChI is InChI=1S/C12H17ClF3N3O2/c1-8(2)6-21-4-3-17-9-5-18-19(7-12(14,15)16)11(20)10(9)13/h5,8,17H,3-4,6-7H2,1-2H3. The molecule has 0 atom stereocenters. The quantitative estimate of drug-likeness (QED) is 0.782. The molecule has 1 heterocycles. The van der Waals surface area contributed by atoms with E-state index >= 15 is 0 Å². The topological polar surface area (TPSA) is 56.1 Å². The molecular formula is C12H17ClF3N3O2. The molecule has 0 aliphatic rings. The molecule has 0 radical (unpaired) electrons. The van der Waals surface area contributed by atoms with Crippen molar-refractivity contribution in [1.29, 1.82) is 0 Å². The van der Waals surface area contributed by atoms with E-state index in [0.717, 1.165) is 6.20 Å². The second kappa shape index (κ2) is 7.65. The normalized spacial score (nSPS) is 12.0. The Morgan fingerprint density at radius 3 is 2.71 bits per heavy atom. The number of nitrogens with zero attached hydrogens (tertiary/aromatic N) is 2. The summed E-state index contributed by atoms with van der Waals surface area (Å²) in [7, 11) is 0. The SMILES string of the molecule is CC(C)COCCNc1cnn(CC(F)(F)F)c(=O)c1Cl. The van der Waals surface area contributed by atoms with Crippen molar-refractivity contribution in [2.24, 2.45) is 5.92 Å². The molecule has 0 bridgehead atoms. The Morgan fingerprint density at radius 2 is 2.14 bits per heavy atom. The van der Waals surface area contributed by atoms with Gasteiger partial charge in [0.1, 0.15) is 11.6 Å². The first-order valence-electron chi connectivity index (χ1n) is 6.34. The number of aromatic nitrogens is 2. The molecule has 0 amide bonds. The van der Waals surface area contributed by atoms with E-state index in [1.165, 1.54) is 0 Å². The third kappa shape index (κ3) is 6.34. The van der Waals surface area contributed by atoms with Gasteiger partial charge in [0.2, 0.25) is 0 Å². The summed E-state index contributed by atoms with van der Waals surface area (Å²) in [5, 5.41) is 5.93. The minimum absolute atomic E-state index is 0.188. The lowest BCUT2D eigenvalue weighted by molar-refractivity contribution is -0.143. The highest BCUT2D eigenvalue weighted by Crippen LogP contribution is 2.18. The van der Waals surface area contributed by atoms with Crippen molar-refractivity contribution in [2.75, 3.05) is 25.1 Å².